The van der Waals surface area contributed by atoms with Crippen LogP contribution in [0.25, 0.3) is 0 Å². The molecule has 0 heterocycles. The third kappa shape index (κ3) is 5.82. The lowest BCUT2D eigenvalue weighted by atomic mass is 10.4. The summed E-state index contributed by atoms with van der Waals surface area (Å²) in [5, 5.41) is 0. The Bertz CT molecular complexity index is 451. The Labute approximate surface area is 109 Å². The van der Waals surface area contributed by atoms with Crippen LogP contribution < -0.4 is 0 Å². The highest BCUT2D eigenvalue weighted by Crippen LogP contribution is 2.12. The second-order valence-corrected chi connectivity index (χ2v) is 5.55. The summed E-state index contributed by atoms with van der Waals surface area (Å²) in [5.41, 5.74) is 0. The molecule has 1 aromatic carbocycles. The number of esters is 1. The van der Waals surface area contributed by atoms with Crippen molar-refractivity contribution in [2.24, 2.45) is 0 Å². The van der Waals surface area contributed by atoms with Gasteiger partial charge in [0.2, 0.25) is 0 Å². The molecule has 0 bridgehead atoms. The molecular formula is C13H20O4S. The van der Waals surface area contributed by atoms with Crippen LogP contribution in [0.1, 0.15) is 27.7 Å². The SMILES string of the molecule is CC.CC(=O)OC(C)CS(=O)(=O)c1ccccc1. The highest BCUT2D eigenvalue weighted by molar-refractivity contribution is 7.91. The number of benzene rings is 1. The molecule has 1 unspecified atom stereocenters. The largest absolute Gasteiger partial charge is 0.462 e. The van der Waals surface area contributed by atoms with Crippen molar-refractivity contribution in [1.29, 1.82) is 0 Å². The van der Waals surface area contributed by atoms with Gasteiger partial charge in [-0.15, -0.1) is 0 Å². The van der Waals surface area contributed by atoms with Crippen molar-refractivity contribution < 1.29 is 17.9 Å². The first kappa shape index (κ1) is 16.6. The van der Waals surface area contributed by atoms with Crippen LogP contribution in [-0.4, -0.2) is 26.2 Å². The summed E-state index contributed by atoms with van der Waals surface area (Å²) in [6, 6.07) is 8.10. The molecule has 0 spiro atoms. The first-order valence-electron chi connectivity index (χ1n) is 5.87. The van der Waals surface area contributed by atoms with Gasteiger partial charge < -0.3 is 4.74 Å². The van der Waals surface area contributed by atoms with E-state index in [1.165, 1.54) is 19.1 Å². The molecule has 1 aromatic rings. The fraction of sp³-hybridized carbons (Fsp3) is 0.462. The van der Waals surface area contributed by atoms with Crippen molar-refractivity contribution in [1.82, 2.24) is 0 Å². The molecule has 1 atom stereocenters. The Morgan fingerprint density at radius 2 is 1.72 bits per heavy atom. The second kappa shape index (κ2) is 7.87. The fourth-order valence-electron chi connectivity index (χ4n) is 1.35. The van der Waals surface area contributed by atoms with E-state index in [1.807, 2.05) is 13.8 Å². The van der Waals surface area contributed by atoms with E-state index in [-0.39, 0.29) is 10.6 Å². The van der Waals surface area contributed by atoms with E-state index in [0.717, 1.165) is 0 Å². The van der Waals surface area contributed by atoms with E-state index in [2.05, 4.69) is 0 Å². The molecule has 0 aromatic heterocycles. The molecule has 1 rings (SSSR count). The Balaban J connectivity index is 0.00000137. The number of rotatable bonds is 4. The summed E-state index contributed by atoms with van der Waals surface area (Å²) in [5.74, 6) is -0.674. The van der Waals surface area contributed by atoms with Crippen molar-refractivity contribution >= 4 is 15.8 Å². The summed E-state index contributed by atoms with van der Waals surface area (Å²) in [6.07, 6.45) is -0.636. The standard InChI is InChI=1S/C11H14O4S.C2H6/c1-9(15-10(2)12)8-16(13,14)11-6-4-3-5-7-11;1-2/h3-7,9H,8H2,1-2H3;1-2H3. The van der Waals surface area contributed by atoms with Crippen molar-refractivity contribution in [3.05, 3.63) is 30.3 Å². The van der Waals surface area contributed by atoms with Crippen LogP contribution in [-0.2, 0) is 19.4 Å². The topological polar surface area (TPSA) is 60.4 Å². The molecule has 18 heavy (non-hydrogen) atoms. The predicted molar refractivity (Wildman–Crippen MR) is 71.1 cm³/mol. The minimum atomic E-state index is -3.38. The molecule has 0 amide bonds. The summed E-state index contributed by atoms with van der Waals surface area (Å²) in [4.78, 5) is 10.9. The lowest BCUT2D eigenvalue weighted by molar-refractivity contribution is -0.144. The summed E-state index contributed by atoms with van der Waals surface area (Å²) >= 11 is 0. The van der Waals surface area contributed by atoms with Crippen LogP contribution in [0.2, 0.25) is 0 Å². The Morgan fingerprint density at radius 3 is 2.17 bits per heavy atom. The zero-order chi connectivity index (χ0) is 14.2. The van der Waals surface area contributed by atoms with Gasteiger partial charge in [0, 0.05) is 6.92 Å². The number of hydrogen-bond donors (Lipinski definition) is 0. The molecule has 5 heteroatoms. The zero-order valence-electron chi connectivity index (χ0n) is 11.2. The van der Waals surface area contributed by atoms with E-state index >= 15 is 0 Å². The van der Waals surface area contributed by atoms with Crippen LogP contribution in [0.15, 0.2) is 35.2 Å². The zero-order valence-corrected chi connectivity index (χ0v) is 12.0. The maximum atomic E-state index is 11.8. The molecule has 102 valence electrons. The number of sulfone groups is 1. The van der Waals surface area contributed by atoms with E-state index in [4.69, 9.17) is 4.74 Å². The van der Waals surface area contributed by atoms with E-state index in [0.29, 0.717) is 0 Å². The fourth-order valence-corrected chi connectivity index (χ4v) is 2.80. The van der Waals surface area contributed by atoms with Gasteiger partial charge in [0.25, 0.3) is 0 Å². The van der Waals surface area contributed by atoms with Gasteiger partial charge in [0.05, 0.1) is 10.6 Å². The maximum Gasteiger partial charge on any atom is 0.302 e. The third-order valence-corrected chi connectivity index (χ3v) is 3.82. The lowest BCUT2D eigenvalue weighted by Crippen LogP contribution is -2.23. The van der Waals surface area contributed by atoms with Gasteiger partial charge in [-0.3, -0.25) is 4.79 Å². The van der Waals surface area contributed by atoms with E-state index < -0.39 is 21.9 Å². The molecule has 0 N–H and O–H groups in total. The van der Waals surface area contributed by atoms with Gasteiger partial charge in [0.15, 0.2) is 9.84 Å². The van der Waals surface area contributed by atoms with Crippen molar-refractivity contribution in [2.45, 2.75) is 38.7 Å². The van der Waals surface area contributed by atoms with Crippen molar-refractivity contribution in [2.75, 3.05) is 5.75 Å². The number of hydrogen-bond acceptors (Lipinski definition) is 4. The molecule has 0 fully saturated rings. The molecule has 0 saturated heterocycles. The monoisotopic (exact) mass is 272 g/mol. The number of carbonyl (C=O) groups is 1. The van der Waals surface area contributed by atoms with Crippen LogP contribution >= 0.6 is 0 Å². The molecule has 0 radical (unpaired) electrons. The van der Waals surface area contributed by atoms with Gasteiger partial charge in [-0.25, -0.2) is 8.42 Å². The lowest BCUT2D eigenvalue weighted by Gasteiger charge is -2.11. The molecule has 0 aliphatic rings. The summed E-state index contributed by atoms with van der Waals surface area (Å²) in [6.45, 7) is 6.81. The van der Waals surface area contributed by atoms with Crippen LogP contribution in [0.3, 0.4) is 0 Å². The molecular weight excluding hydrogens is 252 g/mol. The van der Waals surface area contributed by atoms with Gasteiger partial charge in [-0.05, 0) is 19.1 Å². The second-order valence-electron chi connectivity index (χ2n) is 3.51. The molecule has 0 aliphatic carbocycles. The Morgan fingerprint density at radius 1 is 1.22 bits per heavy atom. The first-order chi connectivity index (χ1) is 8.42. The Kier molecular flexibility index (Phi) is 7.27. The average Bonchev–Trinajstić information content (AvgIpc) is 2.31. The first-order valence-corrected chi connectivity index (χ1v) is 7.52. The Hall–Kier alpha value is -1.36. The highest BCUT2D eigenvalue weighted by Gasteiger charge is 2.19. The van der Waals surface area contributed by atoms with Gasteiger partial charge >= 0.3 is 5.97 Å². The van der Waals surface area contributed by atoms with E-state index in [1.54, 1.807) is 25.1 Å². The number of ether oxygens (including phenoxy) is 1. The predicted octanol–water partition coefficient (Wildman–Crippen LogP) is 2.44. The van der Waals surface area contributed by atoms with Gasteiger partial charge in [-0.1, -0.05) is 32.0 Å². The minimum Gasteiger partial charge on any atom is -0.462 e. The minimum absolute atomic E-state index is 0.198. The third-order valence-electron chi connectivity index (χ3n) is 1.92. The quantitative estimate of drug-likeness (QED) is 0.790. The molecule has 0 saturated carbocycles. The summed E-state index contributed by atoms with van der Waals surface area (Å²) in [7, 11) is -3.38. The van der Waals surface area contributed by atoms with Crippen LogP contribution in [0, 0.1) is 0 Å². The highest BCUT2D eigenvalue weighted by atomic mass is 32.2. The van der Waals surface area contributed by atoms with Crippen molar-refractivity contribution in [3.63, 3.8) is 0 Å². The molecule has 0 aliphatic heterocycles. The van der Waals surface area contributed by atoms with Gasteiger partial charge in [-0.2, -0.15) is 0 Å². The van der Waals surface area contributed by atoms with E-state index in [9.17, 15) is 13.2 Å². The van der Waals surface area contributed by atoms with Gasteiger partial charge in [0.1, 0.15) is 6.10 Å². The van der Waals surface area contributed by atoms with Crippen LogP contribution in [0.4, 0.5) is 0 Å². The maximum absolute atomic E-state index is 11.8. The number of carbonyl (C=O) groups excluding carboxylic acids is 1. The van der Waals surface area contributed by atoms with Crippen LogP contribution in [0.5, 0.6) is 0 Å². The molecule has 4 nitrogen and oxygen atoms in total. The summed E-state index contributed by atoms with van der Waals surface area (Å²) < 4.78 is 28.5. The van der Waals surface area contributed by atoms with Crippen molar-refractivity contribution in [3.8, 4) is 0 Å². The normalized spacial score (nSPS) is 12.0. The average molecular weight is 272 g/mol. The smallest absolute Gasteiger partial charge is 0.302 e.